The second-order valence-electron chi connectivity index (χ2n) is 6.74. The van der Waals surface area contributed by atoms with Crippen molar-refractivity contribution in [1.82, 2.24) is 4.57 Å². The number of carbonyl (C=O) groups excluding carboxylic acids is 1. The van der Waals surface area contributed by atoms with Gasteiger partial charge in [-0.2, -0.15) is 0 Å². The Morgan fingerprint density at radius 3 is 2.45 bits per heavy atom. The van der Waals surface area contributed by atoms with Crippen LogP contribution in [0.4, 0.5) is 4.79 Å². The molecule has 1 aromatic heterocycles. The lowest BCUT2D eigenvalue weighted by Gasteiger charge is -2.09. The van der Waals surface area contributed by atoms with Crippen molar-refractivity contribution in [1.29, 1.82) is 0 Å². The Labute approximate surface area is 174 Å². The van der Waals surface area contributed by atoms with E-state index in [0.29, 0.717) is 0 Å². The number of hydrogen-bond acceptors (Lipinski definition) is 3. The van der Waals surface area contributed by atoms with Gasteiger partial charge in [0.1, 0.15) is 6.61 Å². The SMILES string of the molecule is Cc1ccc2c(c1)cc(/C=C/Sc1ccccc1)n2C(=O)OCc1ccccc1. The van der Waals surface area contributed by atoms with Crippen LogP contribution < -0.4 is 0 Å². The van der Waals surface area contributed by atoms with Crippen molar-refractivity contribution >= 4 is 34.8 Å². The first kappa shape index (κ1) is 19.1. The maximum absolute atomic E-state index is 12.9. The highest BCUT2D eigenvalue weighted by Gasteiger charge is 2.15. The molecule has 0 radical (unpaired) electrons. The van der Waals surface area contributed by atoms with Crippen LogP contribution in [0.3, 0.4) is 0 Å². The Morgan fingerprint density at radius 2 is 1.69 bits per heavy atom. The Morgan fingerprint density at radius 1 is 0.966 bits per heavy atom. The zero-order chi connectivity index (χ0) is 20.1. The Balaban J connectivity index is 1.61. The van der Waals surface area contributed by atoms with Crippen LogP contribution in [-0.4, -0.2) is 10.7 Å². The molecule has 0 bridgehead atoms. The normalized spacial score (nSPS) is 11.2. The van der Waals surface area contributed by atoms with Gasteiger partial charge in [-0.15, -0.1) is 0 Å². The highest BCUT2D eigenvalue weighted by atomic mass is 32.2. The number of nitrogens with zero attached hydrogens (tertiary/aromatic N) is 1. The van der Waals surface area contributed by atoms with Gasteiger partial charge in [0.05, 0.1) is 11.2 Å². The molecule has 0 saturated carbocycles. The van der Waals surface area contributed by atoms with Crippen LogP contribution >= 0.6 is 11.8 Å². The molecule has 0 aliphatic rings. The van der Waals surface area contributed by atoms with Crippen molar-refractivity contribution in [2.45, 2.75) is 18.4 Å². The van der Waals surface area contributed by atoms with E-state index in [1.165, 1.54) is 0 Å². The maximum atomic E-state index is 12.9. The number of thioether (sulfide) groups is 1. The highest BCUT2D eigenvalue weighted by Crippen LogP contribution is 2.25. The molecule has 29 heavy (non-hydrogen) atoms. The predicted molar refractivity (Wildman–Crippen MR) is 120 cm³/mol. The summed E-state index contributed by atoms with van der Waals surface area (Å²) in [4.78, 5) is 14.1. The molecule has 144 valence electrons. The summed E-state index contributed by atoms with van der Waals surface area (Å²) in [7, 11) is 0. The predicted octanol–water partition coefficient (Wildman–Crippen LogP) is 6.90. The van der Waals surface area contributed by atoms with Gasteiger partial charge in [0.2, 0.25) is 0 Å². The first-order valence-corrected chi connectivity index (χ1v) is 10.3. The number of fused-ring (bicyclic) bond motifs is 1. The smallest absolute Gasteiger partial charge is 0.419 e. The molecule has 1 heterocycles. The molecule has 0 fully saturated rings. The molecule has 0 amide bonds. The first-order valence-electron chi connectivity index (χ1n) is 9.42. The van der Waals surface area contributed by atoms with Crippen LogP contribution in [-0.2, 0) is 11.3 Å². The monoisotopic (exact) mass is 399 g/mol. The summed E-state index contributed by atoms with van der Waals surface area (Å²) >= 11 is 1.61. The largest absolute Gasteiger partial charge is 0.444 e. The standard InChI is InChI=1S/C25H21NO2S/c1-19-12-13-24-21(16-19)17-22(14-15-29-23-10-6-3-7-11-23)26(24)25(27)28-18-20-8-4-2-5-9-20/h2-17H,18H2,1H3/b15-14+. The number of aryl methyl sites for hydroxylation is 1. The molecule has 0 aliphatic heterocycles. The summed E-state index contributed by atoms with van der Waals surface area (Å²) in [6.45, 7) is 2.29. The number of aromatic nitrogens is 1. The molecule has 4 heteroatoms. The van der Waals surface area contributed by atoms with Crippen molar-refractivity contribution in [2.24, 2.45) is 0 Å². The second-order valence-corrected chi connectivity index (χ2v) is 7.72. The van der Waals surface area contributed by atoms with Crippen molar-refractivity contribution in [3.05, 3.63) is 107 Å². The van der Waals surface area contributed by atoms with E-state index in [1.54, 1.807) is 16.3 Å². The van der Waals surface area contributed by atoms with Crippen molar-refractivity contribution < 1.29 is 9.53 Å². The maximum Gasteiger partial charge on any atom is 0.419 e. The Hall–Kier alpha value is -3.24. The summed E-state index contributed by atoms with van der Waals surface area (Å²) in [5.41, 5.74) is 3.76. The third-order valence-electron chi connectivity index (χ3n) is 4.56. The minimum atomic E-state index is -0.378. The summed E-state index contributed by atoms with van der Waals surface area (Å²) < 4.78 is 7.24. The molecule has 3 nitrogen and oxygen atoms in total. The van der Waals surface area contributed by atoms with E-state index in [9.17, 15) is 4.79 Å². The van der Waals surface area contributed by atoms with Gasteiger partial charge in [0.25, 0.3) is 0 Å². The third kappa shape index (κ3) is 4.61. The van der Waals surface area contributed by atoms with Gasteiger partial charge in [0.15, 0.2) is 0 Å². The van der Waals surface area contributed by atoms with Crippen LogP contribution in [0.2, 0.25) is 0 Å². The van der Waals surface area contributed by atoms with Crippen molar-refractivity contribution in [3.63, 3.8) is 0 Å². The summed E-state index contributed by atoms with van der Waals surface area (Å²) in [5.74, 6) is 0. The molecule has 3 aromatic carbocycles. The van der Waals surface area contributed by atoms with E-state index in [1.807, 2.05) is 85.1 Å². The average molecular weight is 400 g/mol. The van der Waals surface area contributed by atoms with E-state index >= 15 is 0 Å². The first-order chi connectivity index (χ1) is 14.2. The summed E-state index contributed by atoms with van der Waals surface area (Å²) in [6.07, 6.45) is 1.58. The molecule has 4 rings (SSSR count). The van der Waals surface area contributed by atoms with Crippen LogP contribution in [0.1, 0.15) is 16.8 Å². The quantitative estimate of drug-likeness (QED) is 0.342. The van der Waals surface area contributed by atoms with Crippen LogP contribution in [0.25, 0.3) is 17.0 Å². The number of ether oxygens (including phenoxy) is 1. The molecule has 4 aromatic rings. The molecule has 0 aliphatic carbocycles. The summed E-state index contributed by atoms with van der Waals surface area (Å²) in [6, 6.07) is 27.9. The van der Waals surface area contributed by atoms with Gasteiger partial charge >= 0.3 is 6.09 Å². The zero-order valence-corrected chi connectivity index (χ0v) is 16.9. The molecule has 0 spiro atoms. The Bertz CT molecular complexity index is 1150. The lowest BCUT2D eigenvalue weighted by Crippen LogP contribution is -2.14. The number of benzene rings is 3. The van der Waals surface area contributed by atoms with E-state index in [4.69, 9.17) is 4.74 Å². The number of rotatable bonds is 5. The second kappa shape index (κ2) is 8.84. The van der Waals surface area contributed by atoms with E-state index in [2.05, 4.69) is 18.2 Å². The minimum Gasteiger partial charge on any atom is -0.444 e. The van der Waals surface area contributed by atoms with Gasteiger partial charge in [-0.05, 0) is 54.3 Å². The fourth-order valence-corrected chi connectivity index (χ4v) is 3.83. The van der Waals surface area contributed by atoms with Crippen molar-refractivity contribution in [2.75, 3.05) is 0 Å². The fraction of sp³-hybridized carbons (Fsp3) is 0.0800. The van der Waals surface area contributed by atoms with E-state index in [0.717, 1.165) is 32.6 Å². The molecular formula is C25H21NO2S. The zero-order valence-electron chi connectivity index (χ0n) is 16.1. The van der Waals surface area contributed by atoms with E-state index < -0.39 is 0 Å². The third-order valence-corrected chi connectivity index (χ3v) is 5.38. The topological polar surface area (TPSA) is 31.2 Å². The number of carbonyl (C=O) groups is 1. The van der Waals surface area contributed by atoms with Gasteiger partial charge in [-0.25, -0.2) is 9.36 Å². The molecule has 0 saturated heterocycles. The Kier molecular flexibility index (Phi) is 5.82. The molecular weight excluding hydrogens is 378 g/mol. The van der Waals surface area contributed by atoms with Gasteiger partial charge in [0, 0.05) is 10.3 Å². The van der Waals surface area contributed by atoms with Gasteiger partial charge in [-0.1, -0.05) is 71.9 Å². The van der Waals surface area contributed by atoms with Crippen LogP contribution in [0, 0.1) is 6.92 Å². The van der Waals surface area contributed by atoms with E-state index in [-0.39, 0.29) is 12.7 Å². The number of hydrogen-bond donors (Lipinski definition) is 0. The lowest BCUT2D eigenvalue weighted by molar-refractivity contribution is 0.142. The molecule has 0 atom stereocenters. The summed E-state index contributed by atoms with van der Waals surface area (Å²) in [5, 5.41) is 3.02. The average Bonchev–Trinajstić information content (AvgIpc) is 3.11. The van der Waals surface area contributed by atoms with Gasteiger partial charge in [-0.3, -0.25) is 0 Å². The minimum absolute atomic E-state index is 0.243. The highest BCUT2D eigenvalue weighted by molar-refractivity contribution is 8.02. The van der Waals surface area contributed by atoms with Gasteiger partial charge < -0.3 is 4.74 Å². The van der Waals surface area contributed by atoms with Crippen molar-refractivity contribution in [3.8, 4) is 0 Å². The molecule has 0 N–H and O–H groups in total. The fourth-order valence-electron chi connectivity index (χ4n) is 3.15. The van der Waals surface area contributed by atoms with Crippen LogP contribution in [0.15, 0.2) is 95.2 Å². The lowest BCUT2D eigenvalue weighted by atomic mass is 10.2. The molecule has 0 unspecified atom stereocenters. The van der Waals surface area contributed by atoms with Crippen LogP contribution in [0.5, 0.6) is 0 Å².